The molecule has 0 saturated heterocycles. The molecule has 3 heteroatoms. The van der Waals surface area contributed by atoms with Gasteiger partial charge in [0.2, 0.25) is 0 Å². The molecule has 0 bridgehead atoms. The van der Waals surface area contributed by atoms with Gasteiger partial charge in [-0.25, -0.2) is 4.79 Å². The van der Waals surface area contributed by atoms with Gasteiger partial charge in [0.1, 0.15) is 0 Å². The van der Waals surface area contributed by atoms with Crippen molar-refractivity contribution in [3.63, 3.8) is 0 Å². The van der Waals surface area contributed by atoms with Crippen LogP contribution in [0.1, 0.15) is 18.9 Å². The van der Waals surface area contributed by atoms with Crippen molar-refractivity contribution < 1.29 is 4.79 Å². The Bertz CT molecular complexity index is 411. The van der Waals surface area contributed by atoms with Crippen LogP contribution in [0.2, 0.25) is 0 Å². The molecule has 0 aliphatic carbocycles. The monoisotopic (exact) mass is 230 g/mol. The van der Waals surface area contributed by atoms with Crippen LogP contribution in [0.3, 0.4) is 0 Å². The molecule has 0 fully saturated rings. The van der Waals surface area contributed by atoms with Gasteiger partial charge in [0.25, 0.3) is 0 Å². The van der Waals surface area contributed by atoms with E-state index in [1.807, 2.05) is 35.2 Å². The van der Waals surface area contributed by atoms with Gasteiger partial charge in [-0.15, -0.1) is 0 Å². The average molecular weight is 230 g/mol. The van der Waals surface area contributed by atoms with Gasteiger partial charge in [-0.3, -0.25) is 0 Å². The van der Waals surface area contributed by atoms with Gasteiger partial charge in [-0.2, -0.15) is 0 Å². The summed E-state index contributed by atoms with van der Waals surface area (Å²) in [6.45, 7) is 4.26. The zero-order chi connectivity index (χ0) is 12.1. The van der Waals surface area contributed by atoms with E-state index in [1.54, 1.807) is 0 Å². The summed E-state index contributed by atoms with van der Waals surface area (Å²) in [5.41, 5.74) is 2.50. The normalized spacial score (nSPS) is 15.4. The van der Waals surface area contributed by atoms with Gasteiger partial charge in [0.15, 0.2) is 0 Å². The quantitative estimate of drug-likeness (QED) is 0.778. The number of hydrogen-bond donors (Lipinski definition) is 1. The Balaban J connectivity index is 1.82. The molecule has 0 unspecified atom stereocenters. The van der Waals surface area contributed by atoms with E-state index in [4.69, 9.17) is 0 Å². The highest BCUT2D eigenvalue weighted by Gasteiger charge is 2.14. The molecule has 0 saturated carbocycles. The predicted octanol–water partition coefficient (Wildman–Crippen LogP) is 2.55. The number of carbonyl (C=O) groups excluding carboxylic acids is 1. The zero-order valence-electron chi connectivity index (χ0n) is 10.1. The first-order chi connectivity index (χ1) is 8.25. The molecule has 0 radical (unpaired) electrons. The zero-order valence-corrected chi connectivity index (χ0v) is 10.1. The molecule has 1 aliphatic heterocycles. The van der Waals surface area contributed by atoms with E-state index in [0.29, 0.717) is 6.54 Å². The Morgan fingerprint density at radius 3 is 2.76 bits per heavy atom. The highest BCUT2D eigenvalue weighted by Crippen LogP contribution is 2.09. The van der Waals surface area contributed by atoms with E-state index >= 15 is 0 Å². The first kappa shape index (κ1) is 11.7. The fourth-order valence-corrected chi connectivity index (χ4v) is 1.84. The topological polar surface area (TPSA) is 32.3 Å². The molecule has 1 aromatic rings. The van der Waals surface area contributed by atoms with Crippen molar-refractivity contribution in [2.45, 2.75) is 19.9 Å². The maximum atomic E-state index is 11.9. The Hall–Kier alpha value is -1.77. The molecule has 1 aliphatic rings. The van der Waals surface area contributed by atoms with Gasteiger partial charge in [-0.1, -0.05) is 42.0 Å². The standard InChI is InChI=1S/C14H18N2O/c1-12-7-9-16(10-8-12)14(17)15-11-13-5-3-2-4-6-13/h2-7H,8-11H2,1H3,(H,15,17). The largest absolute Gasteiger partial charge is 0.334 e. The lowest BCUT2D eigenvalue weighted by molar-refractivity contribution is 0.201. The second-order valence-corrected chi connectivity index (χ2v) is 4.39. The average Bonchev–Trinajstić information content (AvgIpc) is 2.38. The molecule has 0 spiro atoms. The van der Waals surface area contributed by atoms with Crippen molar-refractivity contribution in [2.75, 3.05) is 13.1 Å². The minimum Gasteiger partial charge on any atom is -0.334 e. The number of amides is 2. The molecule has 2 rings (SSSR count). The van der Waals surface area contributed by atoms with Crippen LogP contribution in [-0.4, -0.2) is 24.0 Å². The summed E-state index contributed by atoms with van der Waals surface area (Å²) in [6.07, 6.45) is 3.10. The molecular weight excluding hydrogens is 212 g/mol. The highest BCUT2D eigenvalue weighted by molar-refractivity contribution is 5.74. The van der Waals surface area contributed by atoms with E-state index in [2.05, 4.69) is 18.3 Å². The summed E-state index contributed by atoms with van der Waals surface area (Å²) < 4.78 is 0. The van der Waals surface area contributed by atoms with Gasteiger partial charge in [-0.05, 0) is 18.9 Å². The molecule has 1 aromatic carbocycles. The van der Waals surface area contributed by atoms with Crippen molar-refractivity contribution in [2.24, 2.45) is 0 Å². The number of rotatable bonds is 2. The Labute approximate surface area is 102 Å². The van der Waals surface area contributed by atoms with Crippen LogP contribution >= 0.6 is 0 Å². The summed E-state index contributed by atoms with van der Waals surface area (Å²) in [4.78, 5) is 13.7. The summed E-state index contributed by atoms with van der Waals surface area (Å²) in [5, 5.41) is 2.94. The fourth-order valence-electron chi connectivity index (χ4n) is 1.84. The Kier molecular flexibility index (Phi) is 3.81. The Morgan fingerprint density at radius 2 is 2.12 bits per heavy atom. The second kappa shape index (κ2) is 5.53. The third-order valence-corrected chi connectivity index (χ3v) is 3.01. The van der Waals surface area contributed by atoms with Crippen LogP contribution < -0.4 is 5.32 Å². The van der Waals surface area contributed by atoms with Crippen LogP contribution in [0.15, 0.2) is 42.0 Å². The molecule has 2 amide bonds. The summed E-state index contributed by atoms with van der Waals surface area (Å²) in [5.74, 6) is 0. The van der Waals surface area contributed by atoms with Crippen molar-refractivity contribution in [3.8, 4) is 0 Å². The number of urea groups is 1. The molecule has 17 heavy (non-hydrogen) atoms. The molecule has 0 atom stereocenters. The van der Waals surface area contributed by atoms with Crippen LogP contribution in [0, 0.1) is 0 Å². The first-order valence-electron chi connectivity index (χ1n) is 5.98. The minimum absolute atomic E-state index is 0.0256. The van der Waals surface area contributed by atoms with E-state index < -0.39 is 0 Å². The number of nitrogens with one attached hydrogen (secondary N) is 1. The summed E-state index contributed by atoms with van der Waals surface area (Å²) >= 11 is 0. The summed E-state index contributed by atoms with van der Waals surface area (Å²) in [6, 6.07) is 9.99. The van der Waals surface area contributed by atoms with E-state index in [-0.39, 0.29) is 6.03 Å². The van der Waals surface area contributed by atoms with Crippen LogP contribution in [0.4, 0.5) is 4.79 Å². The van der Waals surface area contributed by atoms with Crippen molar-refractivity contribution in [1.82, 2.24) is 10.2 Å². The lowest BCUT2D eigenvalue weighted by Gasteiger charge is -2.25. The van der Waals surface area contributed by atoms with Crippen LogP contribution in [-0.2, 0) is 6.54 Å². The lowest BCUT2D eigenvalue weighted by atomic mass is 10.1. The fraction of sp³-hybridized carbons (Fsp3) is 0.357. The maximum absolute atomic E-state index is 11.9. The lowest BCUT2D eigenvalue weighted by Crippen LogP contribution is -2.41. The van der Waals surface area contributed by atoms with E-state index in [1.165, 1.54) is 5.57 Å². The van der Waals surface area contributed by atoms with E-state index in [0.717, 1.165) is 25.1 Å². The van der Waals surface area contributed by atoms with Crippen molar-refractivity contribution >= 4 is 6.03 Å². The molecule has 3 nitrogen and oxygen atoms in total. The molecule has 90 valence electrons. The maximum Gasteiger partial charge on any atom is 0.317 e. The van der Waals surface area contributed by atoms with Gasteiger partial charge < -0.3 is 10.2 Å². The first-order valence-corrected chi connectivity index (χ1v) is 5.98. The number of hydrogen-bond acceptors (Lipinski definition) is 1. The van der Waals surface area contributed by atoms with Gasteiger partial charge in [0, 0.05) is 19.6 Å². The molecule has 1 N–H and O–H groups in total. The smallest absolute Gasteiger partial charge is 0.317 e. The molecule has 1 heterocycles. The minimum atomic E-state index is 0.0256. The summed E-state index contributed by atoms with van der Waals surface area (Å²) in [7, 11) is 0. The second-order valence-electron chi connectivity index (χ2n) is 4.39. The van der Waals surface area contributed by atoms with Gasteiger partial charge in [0.05, 0.1) is 0 Å². The molecular formula is C14H18N2O. The number of carbonyl (C=O) groups is 1. The van der Waals surface area contributed by atoms with E-state index in [9.17, 15) is 4.79 Å². The number of benzene rings is 1. The van der Waals surface area contributed by atoms with Crippen LogP contribution in [0.5, 0.6) is 0 Å². The predicted molar refractivity (Wildman–Crippen MR) is 68.6 cm³/mol. The molecule has 0 aromatic heterocycles. The van der Waals surface area contributed by atoms with Crippen molar-refractivity contribution in [3.05, 3.63) is 47.5 Å². The highest BCUT2D eigenvalue weighted by atomic mass is 16.2. The third kappa shape index (κ3) is 3.34. The number of nitrogens with zero attached hydrogens (tertiary/aromatic N) is 1. The van der Waals surface area contributed by atoms with Crippen LogP contribution in [0.25, 0.3) is 0 Å². The third-order valence-electron chi connectivity index (χ3n) is 3.01. The van der Waals surface area contributed by atoms with Gasteiger partial charge >= 0.3 is 6.03 Å². The SMILES string of the molecule is CC1=CCN(C(=O)NCc2ccccc2)CC1. The Morgan fingerprint density at radius 1 is 1.35 bits per heavy atom. The van der Waals surface area contributed by atoms with Crippen molar-refractivity contribution in [1.29, 1.82) is 0 Å².